The van der Waals surface area contributed by atoms with Gasteiger partial charge in [-0.3, -0.25) is 0 Å². The van der Waals surface area contributed by atoms with Crippen LogP contribution in [0.1, 0.15) is 27.7 Å². The zero-order valence-electron chi connectivity index (χ0n) is 10.2. The average Bonchev–Trinajstić information content (AvgIpc) is 1.98. The van der Waals surface area contributed by atoms with Crippen LogP contribution in [0.15, 0.2) is 0 Å². The first kappa shape index (κ1) is 14.2. The first-order valence-electron chi connectivity index (χ1n) is 4.94. The Morgan fingerprint density at radius 1 is 1.33 bits per heavy atom. The van der Waals surface area contributed by atoms with Gasteiger partial charge in [0.15, 0.2) is 0 Å². The summed E-state index contributed by atoms with van der Waals surface area (Å²) in [4.78, 5) is 11.3. The molecule has 0 unspecified atom stereocenters. The second-order valence-corrected chi connectivity index (χ2v) is 4.99. The Morgan fingerprint density at radius 2 is 1.87 bits per heavy atom. The average molecular weight is 218 g/mol. The molecule has 2 amide bonds. The molecule has 0 aliphatic carbocycles. The maximum Gasteiger partial charge on any atom is 0.315 e. The molecule has 3 N–H and O–H groups in total. The summed E-state index contributed by atoms with van der Waals surface area (Å²) in [5.74, 6) is 0. The molecule has 5 nitrogen and oxygen atoms in total. The minimum atomic E-state index is -1.04. The van der Waals surface area contributed by atoms with Crippen molar-refractivity contribution in [1.82, 2.24) is 10.6 Å². The van der Waals surface area contributed by atoms with E-state index in [0.717, 1.165) is 0 Å². The molecular formula is C10H22N2O3. The zero-order valence-corrected chi connectivity index (χ0v) is 10.2. The highest BCUT2D eigenvalue weighted by Crippen LogP contribution is 2.02. The Labute approximate surface area is 91.2 Å². The molecule has 0 aromatic heterocycles. The van der Waals surface area contributed by atoms with Gasteiger partial charge in [-0.25, -0.2) is 4.79 Å². The van der Waals surface area contributed by atoms with Gasteiger partial charge in [0.2, 0.25) is 0 Å². The minimum absolute atomic E-state index is 0.156. The van der Waals surface area contributed by atoms with Crippen molar-refractivity contribution >= 4 is 6.03 Å². The second-order valence-electron chi connectivity index (χ2n) is 4.99. The van der Waals surface area contributed by atoms with Gasteiger partial charge in [0, 0.05) is 12.6 Å². The third kappa shape index (κ3) is 8.20. The van der Waals surface area contributed by atoms with Crippen LogP contribution in [0.25, 0.3) is 0 Å². The summed E-state index contributed by atoms with van der Waals surface area (Å²) in [5, 5.41) is 15.0. The topological polar surface area (TPSA) is 70.6 Å². The highest BCUT2D eigenvalue weighted by Gasteiger charge is 2.22. The van der Waals surface area contributed by atoms with E-state index in [-0.39, 0.29) is 24.7 Å². The van der Waals surface area contributed by atoms with Gasteiger partial charge < -0.3 is 20.5 Å². The first-order valence-corrected chi connectivity index (χ1v) is 4.94. The monoisotopic (exact) mass is 218 g/mol. The van der Waals surface area contributed by atoms with Crippen LogP contribution >= 0.6 is 0 Å². The maximum absolute atomic E-state index is 11.3. The minimum Gasteiger partial charge on any atom is -0.386 e. The maximum atomic E-state index is 11.3. The number of ether oxygens (including phenoxy) is 1. The lowest BCUT2D eigenvalue weighted by Gasteiger charge is -2.25. The van der Waals surface area contributed by atoms with Gasteiger partial charge in [-0.2, -0.15) is 0 Å². The number of aliphatic hydroxyl groups is 1. The van der Waals surface area contributed by atoms with E-state index in [2.05, 4.69) is 10.6 Å². The lowest BCUT2D eigenvalue weighted by atomic mass is 10.1. The molecule has 0 aromatic rings. The molecule has 0 aliphatic heterocycles. The van der Waals surface area contributed by atoms with E-state index >= 15 is 0 Å². The molecular weight excluding hydrogens is 196 g/mol. The smallest absolute Gasteiger partial charge is 0.315 e. The van der Waals surface area contributed by atoms with E-state index in [4.69, 9.17) is 4.74 Å². The van der Waals surface area contributed by atoms with Crippen molar-refractivity contribution in [1.29, 1.82) is 0 Å². The Kier molecular flexibility index (Phi) is 5.03. The fourth-order valence-corrected chi connectivity index (χ4v) is 1.02. The molecule has 0 saturated heterocycles. The van der Waals surface area contributed by atoms with Gasteiger partial charge in [0.25, 0.3) is 0 Å². The largest absolute Gasteiger partial charge is 0.386 e. The van der Waals surface area contributed by atoms with E-state index in [9.17, 15) is 9.90 Å². The summed E-state index contributed by atoms with van der Waals surface area (Å²) in [6, 6.07) is -0.293. The lowest BCUT2D eigenvalue weighted by molar-refractivity contribution is -0.0137. The summed E-state index contributed by atoms with van der Waals surface area (Å²) in [5.41, 5.74) is -1.32. The Morgan fingerprint density at radius 3 is 2.27 bits per heavy atom. The van der Waals surface area contributed by atoms with Crippen LogP contribution in [0.2, 0.25) is 0 Å². The zero-order chi connectivity index (χ0) is 12.1. The van der Waals surface area contributed by atoms with Gasteiger partial charge in [-0.05, 0) is 27.7 Å². The molecule has 0 aromatic carbocycles. The highest BCUT2D eigenvalue weighted by atomic mass is 16.5. The number of urea groups is 1. The van der Waals surface area contributed by atoms with Crippen molar-refractivity contribution in [3.8, 4) is 0 Å². The van der Waals surface area contributed by atoms with Crippen LogP contribution in [0, 0.1) is 0 Å². The van der Waals surface area contributed by atoms with Crippen LogP contribution in [-0.2, 0) is 4.74 Å². The van der Waals surface area contributed by atoms with Gasteiger partial charge in [0.05, 0.1) is 13.2 Å². The molecule has 90 valence electrons. The number of carbonyl (C=O) groups excluding carboxylic acids is 1. The lowest BCUT2D eigenvalue weighted by Crippen LogP contribution is -2.51. The number of methoxy groups -OCH3 is 1. The van der Waals surface area contributed by atoms with Gasteiger partial charge >= 0.3 is 6.03 Å². The van der Waals surface area contributed by atoms with E-state index in [0.29, 0.717) is 0 Å². The SMILES string of the molecule is COC[C@](C)(O)CNC(=O)NC(C)(C)C. The van der Waals surface area contributed by atoms with Crippen LogP contribution in [-0.4, -0.2) is 42.5 Å². The van der Waals surface area contributed by atoms with E-state index in [1.165, 1.54) is 7.11 Å². The first-order chi connectivity index (χ1) is 6.66. The standard InChI is InChI=1S/C10H22N2O3/c1-9(2,3)12-8(13)11-6-10(4,14)7-15-5/h14H,6-7H2,1-5H3,(H2,11,12,13)/t10-/m1/s1. The van der Waals surface area contributed by atoms with Crippen LogP contribution in [0.5, 0.6) is 0 Å². The third-order valence-electron chi connectivity index (χ3n) is 1.57. The number of amides is 2. The van der Waals surface area contributed by atoms with Gasteiger partial charge in [-0.1, -0.05) is 0 Å². The molecule has 0 aliphatic rings. The van der Waals surface area contributed by atoms with E-state index < -0.39 is 5.60 Å². The molecule has 15 heavy (non-hydrogen) atoms. The fraction of sp³-hybridized carbons (Fsp3) is 0.900. The fourth-order valence-electron chi connectivity index (χ4n) is 1.02. The predicted molar refractivity (Wildman–Crippen MR) is 58.8 cm³/mol. The summed E-state index contributed by atoms with van der Waals surface area (Å²) in [6.07, 6.45) is 0. The number of nitrogens with one attached hydrogen (secondary N) is 2. The summed E-state index contributed by atoms with van der Waals surface area (Å²) in [6.45, 7) is 7.61. The summed E-state index contributed by atoms with van der Waals surface area (Å²) >= 11 is 0. The van der Waals surface area contributed by atoms with Gasteiger partial charge in [-0.15, -0.1) is 0 Å². The Bertz CT molecular complexity index is 209. The molecule has 0 spiro atoms. The van der Waals surface area contributed by atoms with Crippen LogP contribution in [0.4, 0.5) is 4.79 Å². The number of hydrogen-bond acceptors (Lipinski definition) is 3. The quantitative estimate of drug-likeness (QED) is 0.643. The molecule has 1 atom stereocenters. The third-order valence-corrected chi connectivity index (χ3v) is 1.57. The van der Waals surface area contributed by atoms with Crippen LogP contribution in [0.3, 0.4) is 0 Å². The second kappa shape index (κ2) is 5.32. The highest BCUT2D eigenvalue weighted by molar-refractivity contribution is 5.74. The molecule has 0 fully saturated rings. The number of rotatable bonds is 4. The van der Waals surface area contributed by atoms with Crippen molar-refractivity contribution in [2.24, 2.45) is 0 Å². The molecule has 0 bridgehead atoms. The molecule has 0 radical (unpaired) electrons. The van der Waals surface area contributed by atoms with E-state index in [1.807, 2.05) is 20.8 Å². The summed E-state index contributed by atoms with van der Waals surface area (Å²) < 4.78 is 4.82. The van der Waals surface area contributed by atoms with Crippen molar-refractivity contribution < 1.29 is 14.6 Å². The normalized spacial score (nSPS) is 15.6. The predicted octanol–water partition coefficient (Wildman–Crippen LogP) is 0.481. The van der Waals surface area contributed by atoms with Crippen molar-refractivity contribution in [3.63, 3.8) is 0 Å². The van der Waals surface area contributed by atoms with Crippen LogP contribution < -0.4 is 10.6 Å². The van der Waals surface area contributed by atoms with Gasteiger partial charge in [0.1, 0.15) is 5.60 Å². The van der Waals surface area contributed by atoms with Crippen molar-refractivity contribution in [3.05, 3.63) is 0 Å². The Hall–Kier alpha value is -0.810. The van der Waals surface area contributed by atoms with Crippen molar-refractivity contribution in [2.75, 3.05) is 20.3 Å². The van der Waals surface area contributed by atoms with Crippen molar-refractivity contribution in [2.45, 2.75) is 38.8 Å². The summed E-state index contributed by atoms with van der Waals surface area (Å²) in [7, 11) is 1.50. The molecule has 0 heterocycles. The number of carbonyl (C=O) groups is 1. The van der Waals surface area contributed by atoms with E-state index in [1.54, 1.807) is 6.92 Å². The Balaban J connectivity index is 3.90. The molecule has 0 rings (SSSR count). The number of hydrogen-bond donors (Lipinski definition) is 3. The molecule has 5 heteroatoms. The molecule has 0 saturated carbocycles.